The van der Waals surface area contributed by atoms with Crippen LogP contribution in [0.3, 0.4) is 0 Å². The fourth-order valence-corrected chi connectivity index (χ4v) is 5.48. The first kappa shape index (κ1) is 23.3. The quantitative estimate of drug-likeness (QED) is 0.230. The summed E-state index contributed by atoms with van der Waals surface area (Å²) in [6, 6.07) is 47.6. The van der Waals surface area contributed by atoms with E-state index in [1.807, 2.05) is 60.7 Å². The number of furan rings is 1. The summed E-state index contributed by atoms with van der Waals surface area (Å²) in [5, 5.41) is 4.32. The molecule has 41 heavy (non-hydrogen) atoms. The molecule has 0 saturated carbocycles. The van der Waals surface area contributed by atoms with Crippen LogP contribution in [0.2, 0.25) is 0 Å². The van der Waals surface area contributed by atoms with Gasteiger partial charge in [-0.25, -0.2) is 15.0 Å². The minimum Gasteiger partial charge on any atom is -0.456 e. The van der Waals surface area contributed by atoms with Crippen LogP contribution < -0.4 is 0 Å². The molecule has 0 N–H and O–H groups in total. The van der Waals surface area contributed by atoms with E-state index in [0.717, 1.165) is 55.0 Å². The monoisotopic (exact) mass is 525 g/mol. The second-order valence-electron chi connectivity index (χ2n) is 10.1. The van der Waals surface area contributed by atoms with Crippen molar-refractivity contribution in [2.45, 2.75) is 0 Å². The summed E-state index contributed by atoms with van der Waals surface area (Å²) in [5.74, 6) is 1.92. The molecule has 0 fully saturated rings. The second kappa shape index (κ2) is 9.54. The Kier molecular flexibility index (Phi) is 5.42. The first-order valence-electron chi connectivity index (χ1n) is 13.6. The Morgan fingerprint density at radius 3 is 1.71 bits per heavy atom. The minimum absolute atomic E-state index is 0.638. The zero-order valence-corrected chi connectivity index (χ0v) is 22.0. The molecule has 0 aliphatic carbocycles. The zero-order chi connectivity index (χ0) is 27.2. The minimum atomic E-state index is 0.638. The van der Waals surface area contributed by atoms with Crippen LogP contribution in [0.25, 0.3) is 78.0 Å². The third kappa shape index (κ3) is 4.14. The van der Waals surface area contributed by atoms with Gasteiger partial charge in [-0.05, 0) is 40.1 Å². The smallest absolute Gasteiger partial charge is 0.164 e. The van der Waals surface area contributed by atoms with Crippen LogP contribution in [0.5, 0.6) is 0 Å². The molecule has 8 rings (SSSR count). The van der Waals surface area contributed by atoms with E-state index in [4.69, 9.17) is 19.4 Å². The predicted molar refractivity (Wildman–Crippen MR) is 166 cm³/mol. The molecule has 6 aromatic carbocycles. The lowest BCUT2D eigenvalue weighted by atomic mass is 10.0. The fraction of sp³-hybridized carbons (Fsp3) is 0. The van der Waals surface area contributed by atoms with Crippen molar-refractivity contribution in [3.05, 3.63) is 140 Å². The maximum absolute atomic E-state index is 6.16. The normalized spacial score (nSPS) is 11.4. The van der Waals surface area contributed by atoms with Crippen LogP contribution in [0.4, 0.5) is 0 Å². The molecule has 0 aliphatic heterocycles. The van der Waals surface area contributed by atoms with Gasteiger partial charge < -0.3 is 4.42 Å². The summed E-state index contributed by atoms with van der Waals surface area (Å²) >= 11 is 0. The van der Waals surface area contributed by atoms with Crippen molar-refractivity contribution in [1.29, 1.82) is 0 Å². The zero-order valence-electron chi connectivity index (χ0n) is 22.0. The molecule has 0 atom stereocenters. The van der Waals surface area contributed by atoms with Crippen LogP contribution >= 0.6 is 0 Å². The molecule has 4 nitrogen and oxygen atoms in total. The molecular weight excluding hydrogens is 502 g/mol. The lowest BCUT2D eigenvalue weighted by molar-refractivity contribution is 0.669. The highest BCUT2D eigenvalue weighted by molar-refractivity contribution is 6.12. The van der Waals surface area contributed by atoms with Crippen LogP contribution in [0.1, 0.15) is 0 Å². The summed E-state index contributed by atoms with van der Waals surface area (Å²) in [5.41, 5.74) is 6.92. The van der Waals surface area contributed by atoms with E-state index in [0.29, 0.717) is 17.5 Å². The van der Waals surface area contributed by atoms with Crippen molar-refractivity contribution in [2.75, 3.05) is 0 Å². The Morgan fingerprint density at radius 1 is 0.366 bits per heavy atom. The van der Waals surface area contributed by atoms with Gasteiger partial charge in [0.25, 0.3) is 0 Å². The fourth-order valence-electron chi connectivity index (χ4n) is 5.48. The van der Waals surface area contributed by atoms with Crippen LogP contribution in [0, 0.1) is 0 Å². The molecule has 2 heterocycles. The molecule has 192 valence electrons. The van der Waals surface area contributed by atoms with Gasteiger partial charge in [0, 0.05) is 27.5 Å². The molecule has 0 unspecified atom stereocenters. The summed E-state index contributed by atoms with van der Waals surface area (Å²) in [4.78, 5) is 15.0. The van der Waals surface area contributed by atoms with E-state index in [-0.39, 0.29) is 0 Å². The number of nitrogens with zero attached hydrogens (tertiary/aromatic N) is 3. The summed E-state index contributed by atoms with van der Waals surface area (Å²) < 4.78 is 6.16. The Bertz CT molecular complexity index is 2180. The highest BCUT2D eigenvalue weighted by Gasteiger charge is 2.16. The number of aromatic nitrogens is 3. The molecule has 0 radical (unpaired) electrons. The average Bonchev–Trinajstić information content (AvgIpc) is 3.41. The Hall–Kier alpha value is -5.61. The van der Waals surface area contributed by atoms with Crippen molar-refractivity contribution in [3.8, 4) is 45.3 Å². The highest BCUT2D eigenvalue weighted by Crippen LogP contribution is 2.36. The van der Waals surface area contributed by atoms with Crippen molar-refractivity contribution in [2.24, 2.45) is 0 Å². The predicted octanol–water partition coefficient (Wildman–Crippen LogP) is 9.59. The van der Waals surface area contributed by atoms with Crippen molar-refractivity contribution in [1.82, 2.24) is 15.0 Å². The van der Waals surface area contributed by atoms with Gasteiger partial charge in [-0.3, -0.25) is 0 Å². The topological polar surface area (TPSA) is 51.8 Å². The molecule has 0 bridgehead atoms. The summed E-state index contributed by atoms with van der Waals surface area (Å²) in [7, 11) is 0. The third-order valence-electron chi connectivity index (χ3n) is 7.54. The molecule has 0 saturated heterocycles. The third-order valence-corrected chi connectivity index (χ3v) is 7.54. The Balaban J connectivity index is 1.32. The van der Waals surface area contributed by atoms with Gasteiger partial charge in [0.15, 0.2) is 17.5 Å². The van der Waals surface area contributed by atoms with Crippen molar-refractivity contribution >= 4 is 32.7 Å². The molecule has 0 amide bonds. The molecule has 8 aromatic rings. The Morgan fingerprint density at radius 2 is 0.951 bits per heavy atom. The van der Waals surface area contributed by atoms with Gasteiger partial charge >= 0.3 is 0 Å². The number of hydrogen-bond donors (Lipinski definition) is 0. The van der Waals surface area contributed by atoms with Gasteiger partial charge in [0.05, 0.1) is 0 Å². The lowest BCUT2D eigenvalue weighted by Gasteiger charge is -2.11. The Labute approximate surface area is 236 Å². The van der Waals surface area contributed by atoms with Gasteiger partial charge in [-0.15, -0.1) is 0 Å². The second-order valence-corrected chi connectivity index (χ2v) is 10.1. The first-order valence-corrected chi connectivity index (χ1v) is 13.6. The SMILES string of the molecule is c1ccc(-c2ccc(-c3nc(-c4ccccc4)nc(-c4cccc5cc6oc7ccccc7c6cc45)n3)cc2)cc1. The van der Waals surface area contributed by atoms with Crippen molar-refractivity contribution in [3.63, 3.8) is 0 Å². The number of fused-ring (bicyclic) bond motifs is 4. The van der Waals surface area contributed by atoms with Crippen LogP contribution in [-0.2, 0) is 0 Å². The summed E-state index contributed by atoms with van der Waals surface area (Å²) in [6.07, 6.45) is 0. The van der Waals surface area contributed by atoms with E-state index in [9.17, 15) is 0 Å². The molecule has 0 aliphatic rings. The average molecular weight is 526 g/mol. The maximum atomic E-state index is 6.16. The van der Waals surface area contributed by atoms with Crippen LogP contribution in [-0.4, -0.2) is 15.0 Å². The van der Waals surface area contributed by atoms with E-state index < -0.39 is 0 Å². The van der Waals surface area contributed by atoms with Crippen LogP contribution in [0.15, 0.2) is 144 Å². The van der Waals surface area contributed by atoms with Crippen molar-refractivity contribution < 1.29 is 4.42 Å². The molecule has 2 aromatic heterocycles. The van der Waals surface area contributed by atoms with E-state index in [1.165, 1.54) is 5.56 Å². The largest absolute Gasteiger partial charge is 0.456 e. The number of para-hydroxylation sites is 1. The molecule has 0 spiro atoms. The van der Waals surface area contributed by atoms with Gasteiger partial charge in [-0.2, -0.15) is 0 Å². The number of hydrogen-bond acceptors (Lipinski definition) is 4. The summed E-state index contributed by atoms with van der Waals surface area (Å²) in [6.45, 7) is 0. The van der Waals surface area contributed by atoms with E-state index in [2.05, 4.69) is 78.9 Å². The molecular formula is C37H23N3O. The van der Waals surface area contributed by atoms with Gasteiger partial charge in [-0.1, -0.05) is 121 Å². The number of rotatable bonds is 4. The van der Waals surface area contributed by atoms with E-state index in [1.54, 1.807) is 0 Å². The van der Waals surface area contributed by atoms with E-state index >= 15 is 0 Å². The lowest BCUT2D eigenvalue weighted by Crippen LogP contribution is -2.00. The number of benzene rings is 6. The molecule has 4 heteroatoms. The van der Waals surface area contributed by atoms with Gasteiger partial charge in [0.1, 0.15) is 11.2 Å². The van der Waals surface area contributed by atoms with Gasteiger partial charge in [0.2, 0.25) is 0 Å². The first-order chi connectivity index (χ1) is 20.3. The maximum Gasteiger partial charge on any atom is 0.164 e. The highest BCUT2D eigenvalue weighted by atomic mass is 16.3. The standard InChI is InChI=1S/C37H23N3O/c1-3-10-24(11-4-1)25-18-20-27(21-19-25)36-38-35(26-12-5-2-6-13-26)39-37(40-36)30-16-9-14-28-22-34-32(23-31(28)30)29-15-7-8-17-33(29)41-34/h1-23H.